The summed E-state index contributed by atoms with van der Waals surface area (Å²) in [6.07, 6.45) is 0.806. The summed E-state index contributed by atoms with van der Waals surface area (Å²) in [5.41, 5.74) is 0. The monoisotopic (exact) mass is 243 g/mol. The Morgan fingerprint density at radius 2 is 2.19 bits per heavy atom. The lowest BCUT2D eigenvalue weighted by molar-refractivity contribution is 0.244. The van der Waals surface area contributed by atoms with Crippen LogP contribution in [-0.2, 0) is 6.54 Å². The molecule has 3 nitrogen and oxygen atoms in total. The van der Waals surface area contributed by atoms with Crippen LogP contribution < -0.4 is 10.1 Å². The van der Waals surface area contributed by atoms with Gasteiger partial charge in [0.05, 0.1) is 7.11 Å². The van der Waals surface area contributed by atoms with Gasteiger partial charge in [-0.25, -0.2) is 0 Å². The van der Waals surface area contributed by atoms with Gasteiger partial charge in [0.15, 0.2) is 5.06 Å². The minimum Gasteiger partial charge on any atom is -0.487 e. The molecule has 0 radical (unpaired) electrons. The molecule has 0 amide bonds. The van der Waals surface area contributed by atoms with E-state index in [-0.39, 0.29) is 6.61 Å². The normalized spacial score (nSPS) is 13.1. The molecule has 1 unspecified atom stereocenters. The largest absolute Gasteiger partial charge is 0.487 e. The standard InChI is InChI=1S/C12H21NO2S/c1-9(2)11(6-7-14)13-8-10-4-5-12(15-3)16-10/h4-5,9,11,13-14H,6-8H2,1-3H3. The summed E-state index contributed by atoms with van der Waals surface area (Å²) in [4.78, 5) is 1.26. The number of rotatable bonds is 7. The van der Waals surface area contributed by atoms with Crippen molar-refractivity contribution in [2.45, 2.75) is 32.9 Å². The van der Waals surface area contributed by atoms with Crippen LogP contribution in [0.4, 0.5) is 0 Å². The zero-order valence-electron chi connectivity index (χ0n) is 10.2. The van der Waals surface area contributed by atoms with Crippen molar-refractivity contribution in [1.29, 1.82) is 0 Å². The van der Waals surface area contributed by atoms with Crippen LogP contribution in [0, 0.1) is 5.92 Å². The van der Waals surface area contributed by atoms with E-state index in [1.165, 1.54) is 4.88 Å². The van der Waals surface area contributed by atoms with Gasteiger partial charge in [-0.1, -0.05) is 13.8 Å². The lowest BCUT2D eigenvalue weighted by Gasteiger charge is -2.21. The molecule has 1 heterocycles. The molecule has 16 heavy (non-hydrogen) atoms. The number of thiophene rings is 1. The van der Waals surface area contributed by atoms with Crippen LogP contribution in [0.1, 0.15) is 25.1 Å². The minimum atomic E-state index is 0.240. The van der Waals surface area contributed by atoms with E-state index >= 15 is 0 Å². The van der Waals surface area contributed by atoms with E-state index in [0.29, 0.717) is 12.0 Å². The molecule has 0 fully saturated rings. The quantitative estimate of drug-likeness (QED) is 0.772. The maximum absolute atomic E-state index is 8.97. The molecule has 2 N–H and O–H groups in total. The van der Waals surface area contributed by atoms with Crippen molar-refractivity contribution in [3.63, 3.8) is 0 Å². The second-order valence-electron chi connectivity index (χ2n) is 4.17. The Labute approximate surface area is 101 Å². The van der Waals surface area contributed by atoms with Crippen molar-refractivity contribution in [2.75, 3.05) is 13.7 Å². The van der Waals surface area contributed by atoms with Gasteiger partial charge in [-0.3, -0.25) is 0 Å². The number of methoxy groups -OCH3 is 1. The molecule has 0 bridgehead atoms. The smallest absolute Gasteiger partial charge is 0.173 e. The van der Waals surface area contributed by atoms with Crippen molar-refractivity contribution in [1.82, 2.24) is 5.32 Å². The minimum absolute atomic E-state index is 0.240. The van der Waals surface area contributed by atoms with Crippen molar-refractivity contribution in [2.24, 2.45) is 5.92 Å². The molecule has 0 aliphatic carbocycles. The molecule has 0 spiro atoms. The fourth-order valence-electron chi connectivity index (χ4n) is 1.60. The predicted octanol–water partition coefficient (Wildman–Crippen LogP) is 2.25. The van der Waals surface area contributed by atoms with Crippen molar-refractivity contribution in [3.8, 4) is 5.06 Å². The van der Waals surface area contributed by atoms with Gasteiger partial charge in [0.2, 0.25) is 0 Å². The Morgan fingerprint density at radius 1 is 1.44 bits per heavy atom. The third-order valence-corrected chi connectivity index (χ3v) is 3.67. The van der Waals surface area contributed by atoms with Crippen LogP contribution >= 0.6 is 11.3 Å². The van der Waals surface area contributed by atoms with Crippen molar-refractivity contribution in [3.05, 3.63) is 17.0 Å². The van der Waals surface area contributed by atoms with E-state index in [1.807, 2.05) is 6.07 Å². The highest BCUT2D eigenvalue weighted by atomic mass is 32.1. The fourth-order valence-corrected chi connectivity index (χ4v) is 2.37. The maximum atomic E-state index is 8.97. The topological polar surface area (TPSA) is 41.5 Å². The molecule has 0 saturated carbocycles. The zero-order valence-corrected chi connectivity index (χ0v) is 11.0. The Morgan fingerprint density at radius 3 is 2.69 bits per heavy atom. The Hall–Kier alpha value is -0.580. The average molecular weight is 243 g/mol. The highest BCUT2D eigenvalue weighted by molar-refractivity contribution is 7.13. The average Bonchev–Trinajstić information content (AvgIpc) is 2.71. The molecule has 1 rings (SSSR count). The van der Waals surface area contributed by atoms with E-state index in [9.17, 15) is 0 Å². The van der Waals surface area contributed by atoms with Gasteiger partial charge in [0.25, 0.3) is 0 Å². The molecular formula is C12H21NO2S. The van der Waals surface area contributed by atoms with Crippen LogP contribution in [0.15, 0.2) is 12.1 Å². The van der Waals surface area contributed by atoms with E-state index < -0.39 is 0 Å². The summed E-state index contributed by atoms with van der Waals surface area (Å²) in [6.45, 7) is 5.42. The Kier molecular flexibility index (Phi) is 5.80. The third kappa shape index (κ3) is 4.12. The number of hydrogen-bond donors (Lipinski definition) is 2. The first-order valence-electron chi connectivity index (χ1n) is 5.64. The summed E-state index contributed by atoms with van der Waals surface area (Å²) < 4.78 is 5.15. The highest BCUT2D eigenvalue weighted by Crippen LogP contribution is 2.23. The van der Waals surface area contributed by atoms with Crippen molar-refractivity contribution >= 4 is 11.3 Å². The first-order chi connectivity index (χ1) is 7.67. The summed E-state index contributed by atoms with van der Waals surface area (Å²) >= 11 is 1.66. The van der Waals surface area contributed by atoms with Crippen molar-refractivity contribution < 1.29 is 9.84 Å². The molecule has 1 atom stereocenters. The van der Waals surface area contributed by atoms with Gasteiger partial charge < -0.3 is 15.2 Å². The summed E-state index contributed by atoms with van der Waals surface area (Å²) in [5, 5.41) is 13.4. The Bertz CT molecular complexity index is 299. The van der Waals surface area contributed by atoms with Crippen LogP contribution in [0.25, 0.3) is 0 Å². The summed E-state index contributed by atoms with van der Waals surface area (Å²) in [7, 11) is 1.69. The predicted molar refractivity (Wildman–Crippen MR) is 68.0 cm³/mol. The van der Waals surface area contributed by atoms with Crippen LogP contribution in [0.3, 0.4) is 0 Å². The van der Waals surface area contributed by atoms with Gasteiger partial charge in [-0.15, -0.1) is 11.3 Å². The zero-order chi connectivity index (χ0) is 12.0. The molecule has 0 saturated heterocycles. The second kappa shape index (κ2) is 6.89. The Balaban J connectivity index is 2.42. The van der Waals surface area contributed by atoms with Crippen LogP contribution in [-0.4, -0.2) is 24.9 Å². The first-order valence-corrected chi connectivity index (χ1v) is 6.46. The maximum Gasteiger partial charge on any atom is 0.173 e. The lowest BCUT2D eigenvalue weighted by Crippen LogP contribution is -2.33. The van der Waals surface area contributed by atoms with E-state index in [2.05, 4.69) is 25.2 Å². The van der Waals surface area contributed by atoms with E-state index in [4.69, 9.17) is 9.84 Å². The first kappa shape index (κ1) is 13.5. The summed E-state index contributed by atoms with van der Waals surface area (Å²) in [5.74, 6) is 0.536. The fraction of sp³-hybridized carbons (Fsp3) is 0.667. The molecule has 0 aliphatic heterocycles. The number of ether oxygens (including phenoxy) is 1. The van der Waals surface area contributed by atoms with Gasteiger partial charge in [-0.2, -0.15) is 0 Å². The van der Waals surface area contributed by atoms with E-state index in [0.717, 1.165) is 18.0 Å². The number of hydrogen-bond acceptors (Lipinski definition) is 4. The van der Waals surface area contributed by atoms with Crippen LogP contribution in [0.2, 0.25) is 0 Å². The van der Waals surface area contributed by atoms with Crippen LogP contribution in [0.5, 0.6) is 5.06 Å². The highest BCUT2D eigenvalue weighted by Gasteiger charge is 2.12. The number of nitrogens with one attached hydrogen (secondary N) is 1. The lowest BCUT2D eigenvalue weighted by atomic mass is 10.0. The summed E-state index contributed by atoms with van der Waals surface area (Å²) in [6, 6.07) is 4.43. The molecule has 0 aliphatic rings. The molecule has 4 heteroatoms. The SMILES string of the molecule is COc1ccc(CNC(CCO)C(C)C)s1. The second-order valence-corrected chi connectivity index (χ2v) is 5.30. The third-order valence-electron chi connectivity index (χ3n) is 2.62. The molecule has 0 aromatic carbocycles. The molecule has 1 aromatic rings. The van der Waals surface area contributed by atoms with E-state index in [1.54, 1.807) is 18.4 Å². The van der Waals surface area contributed by atoms with Gasteiger partial charge in [0.1, 0.15) is 0 Å². The number of aliphatic hydroxyl groups excluding tert-OH is 1. The molecule has 1 aromatic heterocycles. The molecular weight excluding hydrogens is 222 g/mol. The van der Waals surface area contributed by atoms with Gasteiger partial charge in [-0.05, 0) is 24.5 Å². The number of aliphatic hydroxyl groups is 1. The van der Waals surface area contributed by atoms with Gasteiger partial charge >= 0.3 is 0 Å². The molecule has 92 valence electrons. The van der Waals surface area contributed by atoms with Gasteiger partial charge in [0, 0.05) is 24.1 Å².